The summed E-state index contributed by atoms with van der Waals surface area (Å²) in [4.78, 5) is 16.5. The first-order chi connectivity index (χ1) is 15.2. The van der Waals surface area contributed by atoms with Crippen LogP contribution in [0.5, 0.6) is 5.75 Å². The molecule has 0 amide bonds. The van der Waals surface area contributed by atoms with Gasteiger partial charge >= 0.3 is 5.97 Å². The predicted molar refractivity (Wildman–Crippen MR) is 120 cm³/mol. The third-order valence-corrected chi connectivity index (χ3v) is 4.97. The van der Waals surface area contributed by atoms with Crippen molar-refractivity contribution < 1.29 is 14.3 Å². The molecule has 0 spiro atoms. The van der Waals surface area contributed by atoms with Crippen molar-refractivity contribution in [2.24, 2.45) is 0 Å². The molecule has 4 rings (SSSR count). The fourth-order valence-corrected chi connectivity index (χ4v) is 3.51. The molecule has 2 aromatic heterocycles. The summed E-state index contributed by atoms with van der Waals surface area (Å²) in [6, 6.07) is 23.9. The van der Waals surface area contributed by atoms with Gasteiger partial charge in [0.25, 0.3) is 0 Å². The first kappa shape index (κ1) is 20.4. The van der Waals surface area contributed by atoms with E-state index in [4.69, 9.17) is 9.47 Å². The number of aryl methyl sites for hydroxylation is 1. The van der Waals surface area contributed by atoms with Crippen LogP contribution in [0.1, 0.15) is 28.5 Å². The molecule has 31 heavy (non-hydrogen) atoms. The summed E-state index contributed by atoms with van der Waals surface area (Å²) >= 11 is 0. The van der Waals surface area contributed by atoms with Gasteiger partial charge in [0.1, 0.15) is 12.4 Å². The van der Waals surface area contributed by atoms with Crippen LogP contribution in [0.2, 0.25) is 0 Å². The van der Waals surface area contributed by atoms with Crippen molar-refractivity contribution in [3.8, 4) is 22.7 Å². The molecule has 0 aliphatic rings. The number of para-hydroxylation sites is 1. The van der Waals surface area contributed by atoms with Gasteiger partial charge in [-0.25, -0.2) is 4.79 Å². The molecule has 0 aliphatic carbocycles. The van der Waals surface area contributed by atoms with E-state index >= 15 is 0 Å². The van der Waals surface area contributed by atoms with E-state index in [1.165, 1.54) is 6.20 Å². The number of hydrogen-bond acceptors (Lipinski definition) is 4. The molecule has 0 radical (unpaired) electrons. The minimum absolute atomic E-state index is 0.322. The van der Waals surface area contributed by atoms with E-state index in [-0.39, 0.29) is 5.97 Å². The normalized spacial score (nSPS) is 10.6. The topological polar surface area (TPSA) is 53.3 Å². The highest BCUT2D eigenvalue weighted by molar-refractivity contribution is 5.89. The van der Waals surface area contributed by atoms with Gasteiger partial charge in [-0.3, -0.25) is 4.98 Å². The highest BCUT2D eigenvalue weighted by Gasteiger charge is 2.16. The number of nitrogens with zero attached hydrogens (tertiary/aromatic N) is 2. The van der Waals surface area contributed by atoms with E-state index in [0.717, 1.165) is 34.0 Å². The summed E-state index contributed by atoms with van der Waals surface area (Å²) in [5.41, 5.74) is 5.27. The van der Waals surface area contributed by atoms with E-state index < -0.39 is 0 Å². The van der Waals surface area contributed by atoms with Crippen molar-refractivity contribution in [2.45, 2.75) is 20.5 Å². The molecule has 0 fully saturated rings. The molecule has 2 heterocycles. The Morgan fingerprint density at radius 1 is 0.968 bits per heavy atom. The number of pyridine rings is 1. The van der Waals surface area contributed by atoms with E-state index in [0.29, 0.717) is 18.8 Å². The number of benzene rings is 2. The predicted octanol–water partition coefficient (Wildman–Crippen LogP) is 5.60. The fourth-order valence-electron chi connectivity index (χ4n) is 3.51. The average Bonchev–Trinajstić information content (AvgIpc) is 3.20. The van der Waals surface area contributed by atoms with Gasteiger partial charge in [-0.15, -0.1) is 0 Å². The van der Waals surface area contributed by atoms with E-state index in [1.807, 2.05) is 67.6 Å². The monoisotopic (exact) mass is 412 g/mol. The summed E-state index contributed by atoms with van der Waals surface area (Å²) in [7, 11) is 0. The van der Waals surface area contributed by atoms with Gasteiger partial charge < -0.3 is 14.0 Å². The lowest BCUT2D eigenvalue weighted by Gasteiger charge is -2.16. The number of rotatable bonds is 7. The van der Waals surface area contributed by atoms with E-state index in [1.54, 1.807) is 19.2 Å². The molecule has 156 valence electrons. The Morgan fingerprint density at radius 3 is 2.55 bits per heavy atom. The van der Waals surface area contributed by atoms with Crippen LogP contribution in [0.25, 0.3) is 16.9 Å². The summed E-state index contributed by atoms with van der Waals surface area (Å²) in [5, 5.41) is 0. The highest BCUT2D eigenvalue weighted by Crippen LogP contribution is 2.34. The molecular formula is C26H24N2O3. The molecule has 0 bridgehead atoms. The van der Waals surface area contributed by atoms with Crippen LogP contribution < -0.4 is 4.74 Å². The molecule has 0 aliphatic heterocycles. The van der Waals surface area contributed by atoms with Crippen molar-refractivity contribution in [1.29, 1.82) is 0 Å². The number of carbonyl (C=O) groups excluding carboxylic acids is 1. The molecule has 5 nitrogen and oxygen atoms in total. The van der Waals surface area contributed by atoms with Crippen LogP contribution in [0.3, 0.4) is 0 Å². The SMILES string of the molecule is CCOC(=O)c1cncc(-n2c(C)ccc2-c2ccccc2OCc2ccccc2)c1. The lowest BCUT2D eigenvalue weighted by atomic mass is 10.1. The molecule has 0 saturated carbocycles. The Labute approximate surface area is 181 Å². The minimum Gasteiger partial charge on any atom is -0.488 e. The van der Waals surface area contributed by atoms with Crippen molar-refractivity contribution in [2.75, 3.05) is 6.61 Å². The summed E-state index contributed by atoms with van der Waals surface area (Å²) in [5.74, 6) is 0.412. The van der Waals surface area contributed by atoms with Crippen LogP contribution >= 0.6 is 0 Å². The molecule has 0 N–H and O–H groups in total. The second kappa shape index (κ2) is 9.30. The number of carbonyl (C=O) groups is 1. The molecule has 2 aromatic carbocycles. The molecule has 5 heteroatoms. The largest absolute Gasteiger partial charge is 0.488 e. The van der Waals surface area contributed by atoms with Crippen LogP contribution in [-0.2, 0) is 11.3 Å². The molecule has 0 atom stereocenters. The first-order valence-corrected chi connectivity index (χ1v) is 10.2. The molecule has 0 unspecified atom stereocenters. The van der Waals surface area contributed by atoms with Crippen molar-refractivity contribution >= 4 is 5.97 Å². The zero-order valence-electron chi connectivity index (χ0n) is 17.6. The van der Waals surface area contributed by atoms with Gasteiger partial charge in [-0.2, -0.15) is 0 Å². The first-order valence-electron chi connectivity index (χ1n) is 10.2. The number of ether oxygens (including phenoxy) is 2. The van der Waals surface area contributed by atoms with Gasteiger partial charge in [0.2, 0.25) is 0 Å². The van der Waals surface area contributed by atoms with Crippen molar-refractivity contribution in [1.82, 2.24) is 9.55 Å². The number of hydrogen-bond donors (Lipinski definition) is 0. The molecule has 0 saturated heterocycles. The van der Waals surface area contributed by atoms with Gasteiger partial charge in [0.15, 0.2) is 0 Å². The Morgan fingerprint density at radius 2 is 1.74 bits per heavy atom. The maximum atomic E-state index is 12.2. The third-order valence-electron chi connectivity index (χ3n) is 4.97. The third kappa shape index (κ3) is 4.51. The molecular weight excluding hydrogens is 388 g/mol. The maximum Gasteiger partial charge on any atom is 0.339 e. The Hall–Kier alpha value is -3.86. The van der Waals surface area contributed by atoms with Gasteiger partial charge in [0.05, 0.1) is 29.7 Å². The molecule has 4 aromatic rings. The van der Waals surface area contributed by atoms with Crippen LogP contribution in [-0.4, -0.2) is 22.1 Å². The minimum atomic E-state index is -0.380. The van der Waals surface area contributed by atoms with E-state index in [9.17, 15) is 4.79 Å². The van der Waals surface area contributed by atoms with Gasteiger partial charge in [-0.05, 0) is 49.7 Å². The van der Waals surface area contributed by atoms with Gasteiger partial charge in [0, 0.05) is 17.5 Å². The van der Waals surface area contributed by atoms with Crippen molar-refractivity contribution in [3.63, 3.8) is 0 Å². The van der Waals surface area contributed by atoms with Crippen LogP contribution in [0.15, 0.2) is 85.2 Å². The number of esters is 1. The Kier molecular flexibility index (Phi) is 6.13. The zero-order valence-corrected chi connectivity index (χ0v) is 17.6. The summed E-state index contributed by atoms with van der Waals surface area (Å²) in [6.45, 7) is 4.62. The average molecular weight is 412 g/mol. The maximum absolute atomic E-state index is 12.2. The second-order valence-corrected chi connectivity index (χ2v) is 7.12. The Bertz CT molecular complexity index is 1180. The quantitative estimate of drug-likeness (QED) is 0.371. The lowest BCUT2D eigenvalue weighted by Crippen LogP contribution is -2.07. The Balaban J connectivity index is 1.71. The van der Waals surface area contributed by atoms with Crippen LogP contribution in [0, 0.1) is 6.92 Å². The zero-order chi connectivity index (χ0) is 21.6. The highest BCUT2D eigenvalue weighted by atomic mass is 16.5. The van der Waals surface area contributed by atoms with Crippen molar-refractivity contribution in [3.05, 3.63) is 102 Å². The van der Waals surface area contributed by atoms with E-state index in [2.05, 4.69) is 15.6 Å². The lowest BCUT2D eigenvalue weighted by molar-refractivity contribution is 0.0526. The second-order valence-electron chi connectivity index (χ2n) is 7.12. The van der Waals surface area contributed by atoms with Crippen LogP contribution in [0.4, 0.5) is 0 Å². The smallest absolute Gasteiger partial charge is 0.339 e. The fraction of sp³-hybridized carbons (Fsp3) is 0.154. The summed E-state index contributed by atoms with van der Waals surface area (Å²) in [6.07, 6.45) is 3.27. The number of aromatic nitrogens is 2. The summed E-state index contributed by atoms with van der Waals surface area (Å²) < 4.78 is 13.4. The van der Waals surface area contributed by atoms with Gasteiger partial charge in [-0.1, -0.05) is 42.5 Å². The standard InChI is InChI=1S/C26H24N2O3/c1-3-30-26(29)21-15-22(17-27-16-21)28-19(2)13-14-24(28)23-11-7-8-12-25(23)31-18-20-9-5-4-6-10-20/h4-17H,3,18H2,1-2H3.